The summed E-state index contributed by atoms with van der Waals surface area (Å²) in [6, 6.07) is 5.88. The quantitative estimate of drug-likeness (QED) is 0.488. The summed E-state index contributed by atoms with van der Waals surface area (Å²) in [6.45, 7) is 2.00. The maximum atomic E-state index is 7.63. The maximum absolute atomic E-state index is 7.63. The van der Waals surface area contributed by atoms with Crippen molar-refractivity contribution < 1.29 is 4.74 Å². The second kappa shape index (κ2) is 5.89. The van der Waals surface area contributed by atoms with E-state index in [1.54, 1.807) is 0 Å². The highest BCUT2D eigenvalue weighted by molar-refractivity contribution is 5.97. The number of hydrogen-bond donors (Lipinski definition) is 2. The van der Waals surface area contributed by atoms with Crippen LogP contribution in [0.4, 0.5) is 0 Å². The number of rotatable bonds is 3. The van der Waals surface area contributed by atoms with Gasteiger partial charge in [0.1, 0.15) is 11.6 Å². The molecule has 0 saturated heterocycles. The van der Waals surface area contributed by atoms with Gasteiger partial charge in [0.15, 0.2) is 0 Å². The number of benzene rings is 1. The highest BCUT2D eigenvalue weighted by Crippen LogP contribution is 2.26. The first kappa shape index (κ1) is 12.9. The number of nitrogen functional groups attached to an aromatic ring is 1. The smallest absolute Gasteiger partial charge is 0.130 e. The van der Waals surface area contributed by atoms with Crippen LogP contribution >= 0.6 is 0 Å². The van der Waals surface area contributed by atoms with E-state index >= 15 is 0 Å². The molecule has 0 unspecified atom stereocenters. The minimum Gasteiger partial charge on any atom is -0.490 e. The predicted octanol–water partition coefficient (Wildman–Crippen LogP) is 3.38. The van der Waals surface area contributed by atoms with E-state index < -0.39 is 0 Å². The Hall–Kier alpha value is -1.51. The largest absolute Gasteiger partial charge is 0.490 e. The van der Waals surface area contributed by atoms with Gasteiger partial charge >= 0.3 is 0 Å². The molecule has 0 amide bonds. The van der Waals surface area contributed by atoms with Crippen LogP contribution in [0.2, 0.25) is 0 Å². The number of hydrogen-bond acceptors (Lipinski definition) is 2. The van der Waals surface area contributed by atoms with E-state index in [1.165, 1.54) is 25.7 Å². The number of nitrogens with two attached hydrogens (primary N) is 1. The summed E-state index contributed by atoms with van der Waals surface area (Å²) in [6.07, 6.45) is 7.63. The van der Waals surface area contributed by atoms with Crippen LogP contribution in [0.1, 0.15) is 49.7 Å². The van der Waals surface area contributed by atoms with Crippen molar-refractivity contribution in [3.8, 4) is 5.75 Å². The molecular weight excluding hydrogens is 224 g/mol. The molecule has 1 fully saturated rings. The van der Waals surface area contributed by atoms with Gasteiger partial charge in [0, 0.05) is 0 Å². The van der Waals surface area contributed by atoms with E-state index in [9.17, 15) is 0 Å². The SMILES string of the molecule is Cc1ccc(OC2CCCCCC2)c(C(=N)N)c1. The summed E-state index contributed by atoms with van der Waals surface area (Å²) in [7, 11) is 0. The summed E-state index contributed by atoms with van der Waals surface area (Å²) in [5.41, 5.74) is 7.45. The molecule has 3 N–H and O–H groups in total. The molecule has 1 aliphatic carbocycles. The summed E-state index contributed by atoms with van der Waals surface area (Å²) in [5, 5.41) is 7.63. The van der Waals surface area contributed by atoms with E-state index in [4.69, 9.17) is 15.9 Å². The molecule has 3 heteroatoms. The summed E-state index contributed by atoms with van der Waals surface area (Å²) in [4.78, 5) is 0. The molecule has 98 valence electrons. The van der Waals surface area contributed by atoms with Crippen LogP contribution in [-0.4, -0.2) is 11.9 Å². The predicted molar refractivity (Wildman–Crippen MR) is 74.3 cm³/mol. The molecule has 1 saturated carbocycles. The van der Waals surface area contributed by atoms with Gasteiger partial charge in [-0.05, 0) is 44.7 Å². The van der Waals surface area contributed by atoms with Crippen molar-refractivity contribution in [3.05, 3.63) is 29.3 Å². The summed E-state index contributed by atoms with van der Waals surface area (Å²) < 4.78 is 6.06. The second-order valence-electron chi connectivity index (χ2n) is 5.14. The van der Waals surface area contributed by atoms with Crippen LogP contribution in [0.25, 0.3) is 0 Å². The van der Waals surface area contributed by atoms with Crippen molar-refractivity contribution in [1.82, 2.24) is 0 Å². The fraction of sp³-hybridized carbons (Fsp3) is 0.533. The molecule has 0 radical (unpaired) electrons. The molecule has 0 atom stereocenters. The lowest BCUT2D eigenvalue weighted by Crippen LogP contribution is -2.19. The van der Waals surface area contributed by atoms with Crippen LogP contribution in [0.3, 0.4) is 0 Å². The first-order valence-electron chi connectivity index (χ1n) is 6.78. The minimum atomic E-state index is 0.0855. The lowest BCUT2D eigenvalue weighted by atomic mass is 10.1. The van der Waals surface area contributed by atoms with Gasteiger partial charge in [-0.3, -0.25) is 5.41 Å². The number of nitrogens with one attached hydrogen (secondary N) is 1. The number of ether oxygens (including phenoxy) is 1. The Bertz CT molecular complexity index is 421. The van der Waals surface area contributed by atoms with E-state index in [0.29, 0.717) is 0 Å². The molecule has 1 aromatic carbocycles. The van der Waals surface area contributed by atoms with Crippen molar-refractivity contribution in [2.75, 3.05) is 0 Å². The molecular formula is C15H22N2O. The van der Waals surface area contributed by atoms with Gasteiger partial charge in [-0.2, -0.15) is 0 Å². The molecule has 0 spiro atoms. The normalized spacial score (nSPS) is 17.2. The molecule has 2 rings (SSSR count). The highest BCUT2D eigenvalue weighted by Gasteiger charge is 2.16. The van der Waals surface area contributed by atoms with E-state index in [-0.39, 0.29) is 11.9 Å². The third-order valence-corrected chi connectivity index (χ3v) is 3.52. The minimum absolute atomic E-state index is 0.0855. The van der Waals surface area contributed by atoms with Gasteiger partial charge in [-0.1, -0.05) is 24.5 Å². The molecule has 0 aromatic heterocycles. The van der Waals surface area contributed by atoms with Crippen molar-refractivity contribution in [2.45, 2.75) is 51.6 Å². The first-order valence-corrected chi connectivity index (χ1v) is 6.78. The van der Waals surface area contributed by atoms with Crippen LogP contribution in [0.5, 0.6) is 5.75 Å². The standard InChI is InChI=1S/C15H22N2O/c1-11-8-9-14(13(10-11)15(16)17)18-12-6-4-2-3-5-7-12/h8-10,12H,2-7H2,1H3,(H3,16,17). The Morgan fingerprint density at radius 2 is 1.89 bits per heavy atom. The Labute approximate surface area is 109 Å². The zero-order chi connectivity index (χ0) is 13.0. The van der Waals surface area contributed by atoms with Crippen molar-refractivity contribution in [2.24, 2.45) is 5.73 Å². The van der Waals surface area contributed by atoms with Gasteiger partial charge in [-0.25, -0.2) is 0 Å². The van der Waals surface area contributed by atoms with Crippen molar-refractivity contribution >= 4 is 5.84 Å². The van der Waals surface area contributed by atoms with Gasteiger partial charge in [-0.15, -0.1) is 0 Å². The van der Waals surface area contributed by atoms with E-state index in [2.05, 4.69) is 0 Å². The molecule has 0 heterocycles. The average Bonchev–Trinajstić information content (AvgIpc) is 2.60. The van der Waals surface area contributed by atoms with E-state index in [1.807, 2.05) is 25.1 Å². The molecule has 18 heavy (non-hydrogen) atoms. The molecule has 1 aliphatic rings. The van der Waals surface area contributed by atoms with Crippen molar-refractivity contribution in [1.29, 1.82) is 5.41 Å². The maximum Gasteiger partial charge on any atom is 0.130 e. The lowest BCUT2D eigenvalue weighted by molar-refractivity contribution is 0.183. The number of amidine groups is 1. The zero-order valence-corrected chi connectivity index (χ0v) is 11.0. The van der Waals surface area contributed by atoms with Crippen LogP contribution in [0.15, 0.2) is 18.2 Å². The monoisotopic (exact) mass is 246 g/mol. The Morgan fingerprint density at radius 1 is 1.22 bits per heavy atom. The topological polar surface area (TPSA) is 59.1 Å². The third kappa shape index (κ3) is 3.25. The Balaban J connectivity index is 2.14. The zero-order valence-electron chi connectivity index (χ0n) is 11.0. The molecule has 1 aromatic rings. The summed E-state index contributed by atoms with van der Waals surface area (Å²) in [5.74, 6) is 0.849. The number of aryl methyl sites for hydroxylation is 1. The van der Waals surface area contributed by atoms with Gasteiger partial charge < -0.3 is 10.5 Å². The van der Waals surface area contributed by atoms with Gasteiger partial charge in [0.25, 0.3) is 0 Å². The van der Waals surface area contributed by atoms with Crippen molar-refractivity contribution in [3.63, 3.8) is 0 Å². The lowest BCUT2D eigenvalue weighted by Gasteiger charge is -2.19. The van der Waals surface area contributed by atoms with Crippen LogP contribution in [-0.2, 0) is 0 Å². The van der Waals surface area contributed by atoms with Crippen LogP contribution < -0.4 is 10.5 Å². The fourth-order valence-corrected chi connectivity index (χ4v) is 2.50. The Morgan fingerprint density at radius 3 is 2.50 bits per heavy atom. The second-order valence-corrected chi connectivity index (χ2v) is 5.14. The van der Waals surface area contributed by atoms with E-state index in [0.717, 1.165) is 29.7 Å². The third-order valence-electron chi connectivity index (χ3n) is 3.52. The molecule has 0 bridgehead atoms. The first-order chi connectivity index (χ1) is 8.66. The Kier molecular flexibility index (Phi) is 4.24. The van der Waals surface area contributed by atoms with Crippen LogP contribution in [0, 0.1) is 12.3 Å². The molecule has 3 nitrogen and oxygen atoms in total. The fourth-order valence-electron chi connectivity index (χ4n) is 2.50. The van der Waals surface area contributed by atoms with Gasteiger partial charge in [0.05, 0.1) is 11.7 Å². The van der Waals surface area contributed by atoms with Gasteiger partial charge in [0.2, 0.25) is 0 Å². The highest BCUT2D eigenvalue weighted by atomic mass is 16.5. The molecule has 0 aliphatic heterocycles. The summed E-state index contributed by atoms with van der Waals surface area (Å²) >= 11 is 0. The average molecular weight is 246 g/mol.